The van der Waals surface area contributed by atoms with Gasteiger partial charge in [-0.3, -0.25) is 9.69 Å². The largest absolute Gasteiger partial charge is 0.399 e. The number of nitrogens with two attached hydrogens (primary N) is 2. The number of thiophene rings is 1. The van der Waals surface area contributed by atoms with E-state index in [0.29, 0.717) is 6.42 Å². The first-order valence-corrected chi connectivity index (χ1v) is 7.84. The van der Waals surface area contributed by atoms with Crippen molar-refractivity contribution in [3.63, 3.8) is 0 Å². The second-order valence-corrected chi connectivity index (χ2v) is 6.61. The third kappa shape index (κ3) is 2.46. The topological polar surface area (TPSA) is 84.7 Å². The molecule has 1 aliphatic heterocycles. The molecule has 22 heavy (non-hydrogen) atoms. The minimum Gasteiger partial charge on any atom is -0.399 e. The molecule has 1 amide bonds. The van der Waals surface area contributed by atoms with Crippen LogP contribution >= 0.6 is 11.3 Å². The van der Waals surface area contributed by atoms with Gasteiger partial charge in [0.15, 0.2) is 5.96 Å². The van der Waals surface area contributed by atoms with Gasteiger partial charge in [0.05, 0.1) is 6.42 Å². The average molecular weight is 314 g/mol. The van der Waals surface area contributed by atoms with Crippen molar-refractivity contribution in [2.75, 3.05) is 12.8 Å². The minimum atomic E-state index is -0.593. The Morgan fingerprint density at radius 2 is 1.91 bits per heavy atom. The number of rotatable bonds is 2. The highest BCUT2D eigenvalue weighted by atomic mass is 32.1. The molecule has 6 heteroatoms. The lowest BCUT2D eigenvalue weighted by atomic mass is 9.93. The Hall–Kier alpha value is -2.34. The van der Waals surface area contributed by atoms with Crippen molar-refractivity contribution in [1.82, 2.24) is 4.90 Å². The van der Waals surface area contributed by atoms with Gasteiger partial charge in [-0.25, -0.2) is 4.99 Å². The molecule has 1 aliphatic rings. The summed E-state index contributed by atoms with van der Waals surface area (Å²) in [5, 5.41) is 2.07. The molecule has 1 aromatic carbocycles. The molecule has 0 spiro atoms. The number of nitrogens with zero attached hydrogens (tertiary/aromatic N) is 2. The van der Waals surface area contributed by atoms with Crippen molar-refractivity contribution in [2.45, 2.75) is 18.9 Å². The highest BCUT2D eigenvalue weighted by molar-refractivity contribution is 7.10. The van der Waals surface area contributed by atoms with E-state index in [1.165, 1.54) is 4.90 Å². The van der Waals surface area contributed by atoms with Gasteiger partial charge >= 0.3 is 0 Å². The number of guanidine groups is 1. The Bertz CT molecular complexity index is 750. The van der Waals surface area contributed by atoms with Crippen LogP contribution in [0.5, 0.6) is 0 Å². The average Bonchev–Trinajstić information content (AvgIpc) is 2.96. The van der Waals surface area contributed by atoms with Gasteiger partial charge in [0, 0.05) is 17.6 Å². The summed E-state index contributed by atoms with van der Waals surface area (Å²) in [6.07, 6.45) is 0.325. The fourth-order valence-corrected chi connectivity index (χ4v) is 3.52. The fraction of sp³-hybridized carbons (Fsp3) is 0.250. The lowest BCUT2D eigenvalue weighted by molar-refractivity contribution is -0.128. The molecule has 1 aromatic heterocycles. The predicted molar refractivity (Wildman–Crippen MR) is 90.5 cm³/mol. The van der Waals surface area contributed by atoms with Crippen molar-refractivity contribution >= 4 is 28.9 Å². The summed E-state index contributed by atoms with van der Waals surface area (Å²) in [4.78, 5) is 19.0. The Morgan fingerprint density at radius 3 is 2.55 bits per heavy atom. The van der Waals surface area contributed by atoms with Gasteiger partial charge in [0.1, 0.15) is 5.54 Å². The van der Waals surface area contributed by atoms with Crippen molar-refractivity contribution in [1.29, 1.82) is 0 Å². The molecule has 0 bridgehead atoms. The molecule has 0 saturated heterocycles. The zero-order chi connectivity index (χ0) is 15.9. The number of carbonyl (C=O) groups excluding carboxylic acids is 1. The Kier molecular flexibility index (Phi) is 3.41. The zero-order valence-electron chi connectivity index (χ0n) is 12.5. The number of amides is 1. The van der Waals surface area contributed by atoms with Crippen LogP contribution in [0.3, 0.4) is 0 Å². The van der Waals surface area contributed by atoms with Crippen molar-refractivity contribution < 1.29 is 4.79 Å². The maximum absolute atomic E-state index is 12.1. The number of benzene rings is 1. The van der Waals surface area contributed by atoms with Gasteiger partial charge in [-0.1, -0.05) is 12.1 Å². The molecule has 4 N–H and O–H groups in total. The first kappa shape index (κ1) is 14.6. The molecule has 5 nitrogen and oxygen atoms in total. The number of anilines is 1. The van der Waals surface area contributed by atoms with Gasteiger partial charge in [0.2, 0.25) is 5.91 Å². The molecular formula is C16H18N4OS. The third-order valence-corrected chi connectivity index (χ3v) is 5.13. The van der Waals surface area contributed by atoms with Crippen LogP contribution in [0.1, 0.15) is 18.2 Å². The first-order valence-electron chi connectivity index (χ1n) is 6.96. The Labute approximate surface area is 133 Å². The highest BCUT2D eigenvalue weighted by Gasteiger charge is 2.37. The predicted octanol–water partition coefficient (Wildman–Crippen LogP) is 2.39. The first-order chi connectivity index (χ1) is 10.4. The van der Waals surface area contributed by atoms with E-state index in [-0.39, 0.29) is 11.9 Å². The summed E-state index contributed by atoms with van der Waals surface area (Å²) in [7, 11) is 1.65. The van der Waals surface area contributed by atoms with Gasteiger partial charge in [-0.15, -0.1) is 11.3 Å². The minimum absolute atomic E-state index is 0.0163. The van der Waals surface area contributed by atoms with Crippen LogP contribution in [-0.4, -0.2) is 23.8 Å². The van der Waals surface area contributed by atoms with E-state index in [1.807, 2.05) is 31.2 Å². The lowest BCUT2D eigenvalue weighted by Gasteiger charge is -2.32. The van der Waals surface area contributed by atoms with Crippen molar-refractivity contribution in [3.8, 4) is 11.1 Å². The van der Waals surface area contributed by atoms with E-state index >= 15 is 0 Å². The summed E-state index contributed by atoms with van der Waals surface area (Å²) < 4.78 is 0. The molecule has 3 rings (SSSR count). The molecule has 2 aromatic rings. The molecule has 114 valence electrons. The monoisotopic (exact) mass is 314 g/mol. The van der Waals surface area contributed by atoms with Crippen LogP contribution in [0.25, 0.3) is 11.1 Å². The van der Waals surface area contributed by atoms with E-state index in [9.17, 15) is 4.79 Å². The standard InChI is InChI=1S/C16H18N4OS/c1-16(8-14(21)20(2)15(18)19-16)13-7-11(9-22-13)10-3-5-12(17)6-4-10/h3-7,9H,8,17H2,1-2H3,(H2,18,19)/t16-/m0/s1. The molecular weight excluding hydrogens is 296 g/mol. The van der Waals surface area contributed by atoms with E-state index in [4.69, 9.17) is 11.5 Å². The van der Waals surface area contributed by atoms with Crippen LogP contribution in [0, 0.1) is 0 Å². The molecule has 0 radical (unpaired) electrons. The lowest BCUT2D eigenvalue weighted by Crippen LogP contribution is -2.47. The smallest absolute Gasteiger partial charge is 0.231 e. The van der Waals surface area contributed by atoms with Gasteiger partial charge < -0.3 is 11.5 Å². The van der Waals surface area contributed by atoms with Crippen LogP contribution in [-0.2, 0) is 10.3 Å². The normalized spacial score (nSPS) is 21.8. The van der Waals surface area contributed by atoms with E-state index in [2.05, 4.69) is 16.4 Å². The SMILES string of the molecule is CN1C(=O)C[C@@](C)(c2cc(-c3ccc(N)cc3)cs2)N=C1N. The van der Waals surface area contributed by atoms with Crippen molar-refractivity contribution in [3.05, 3.63) is 40.6 Å². The molecule has 2 heterocycles. The maximum atomic E-state index is 12.1. The third-order valence-electron chi connectivity index (χ3n) is 3.95. The molecule has 0 unspecified atom stereocenters. The molecule has 0 saturated carbocycles. The summed E-state index contributed by atoms with van der Waals surface area (Å²) >= 11 is 1.59. The summed E-state index contributed by atoms with van der Waals surface area (Å²) in [6.45, 7) is 1.95. The number of aliphatic imine (C=N–C) groups is 1. The zero-order valence-corrected chi connectivity index (χ0v) is 13.4. The molecule has 0 aliphatic carbocycles. The van der Waals surface area contributed by atoms with E-state index in [1.54, 1.807) is 18.4 Å². The highest BCUT2D eigenvalue weighted by Crippen LogP contribution is 2.39. The summed E-state index contributed by atoms with van der Waals surface area (Å²) in [5.74, 6) is 0.249. The number of carbonyl (C=O) groups is 1. The van der Waals surface area contributed by atoms with Crippen LogP contribution < -0.4 is 11.5 Å². The molecule has 0 fully saturated rings. The second kappa shape index (κ2) is 5.14. The van der Waals surface area contributed by atoms with Gasteiger partial charge in [0.25, 0.3) is 0 Å². The van der Waals surface area contributed by atoms with Crippen LogP contribution in [0.2, 0.25) is 0 Å². The van der Waals surface area contributed by atoms with Gasteiger partial charge in [-0.2, -0.15) is 0 Å². The van der Waals surface area contributed by atoms with Gasteiger partial charge in [-0.05, 0) is 41.6 Å². The fourth-order valence-electron chi connectivity index (χ4n) is 2.50. The second-order valence-electron chi connectivity index (χ2n) is 5.70. The Balaban J connectivity index is 1.97. The number of hydrogen-bond acceptors (Lipinski definition) is 5. The van der Waals surface area contributed by atoms with E-state index < -0.39 is 5.54 Å². The Morgan fingerprint density at radius 1 is 1.23 bits per heavy atom. The summed E-state index contributed by atoms with van der Waals surface area (Å²) in [6, 6.07) is 9.81. The van der Waals surface area contributed by atoms with Crippen LogP contribution in [0.4, 0.5) is 5.69 Å². The number of nitrogen functional groups attached to an aromatic ring is 1. The maximum Gasteiger partial charge on any atom is 0.231 e. The number of hydrogen-bond donors (Lipinski definition) is 2. The van der Waals surface area contributed by atoms with E-state index in [0.717, 1.165) is 21.7 Å². The van der Waals surface area contributed by atoms with Crippen LogP contribution in [0.15, 0.2) is 40.7 Å². The molecule has 1 atom stereocenters. The quantitative estimate of drug-likeness (QED) is 0.835. The van der Waals surface area contributed by atoms with Crippen molar-refractivity contribution in [2.24, 2.45) is 10.7 Å². The summed E-state index contributed by atoms with van der Waals surface area (Å²) in [5.41, 5.74) is 13.9.